The number of hydrogen-bond acceptors (Lipinski definition) is 0. The van der Waals surface area contributed by atoms with Crippen molar-refractivity contribution >= 4 is 8.07 Å². The van der Waals surface area contributed by atoms with Gasteiger partial charge in [0.15, 0.2) is 0 Å². The molecular weight excluding hydrogens is 232 g/mol. The van der Waals surface area contributed by atoms with Gasteiger partial charge in [-0.05, 0) is 16.6 Å². The van der Waals surface area contributed by atoms with E-state index in [0.29, 0.717) is 0 Å². The Balaban J connectivity index is 5.55. The van der Waals surface area contributed by atoms with Crippen molar-refractivity contribution in [2.75, 3.05) is 0 Å². The molecule has 0 fully saturated rings. The summed E-state index contributed by atoms with van der Waals surface area (Å²) in [6.45, 7) is 17.2. The van der Waals surface area contributed by atoms with Gasteiger partial charge in [0.1, 0.15) is 0 Å². The fraction of sp³-hybridized carbons (Fsp3) is 1.00. The Kier molecular flexibility index (Phi) is 9.28. The average molecular weight is 271 g/mol. The lowest BCUT2D eigenvalue weighted by molar-refractivity contribution is 0.592. The molecule has 0 aromatic heterocycles. The average Bonchev–Trinajstić information content (AvgIpc) is 2.41. The van der Waals surface area contributed by atoms with Crippen LogP contribution < -0.4 is 0 Å². The minimum absolute atomic E-state index is 1.05. The molecule has 1 heteroatoms. The Hall–Kier alpha value is 0.217. The van der Waals surface area contributed by atoms with Crippen LogP contribution in [0.5, 0.6) is 0 Å². The van der Waals surface area contributed by atoms with Crippen molar-refractivity contribution in [1.29, 1.82) is 0 Å². The first kappa shape index (κ1) is 18.2. The molecule has 0 aliphatic rings. The fourth-order valence-electron chi connectivity index (χ4n) is 5.01. The molecule has 0 nitrogen and oxygen atoms in total. The molecular formula is C17H38Si. The second-order valence-electron chi connectivity index (χ2n) is 6.01. The zero-order valence-electron chi connectivity index (χ0n) is 14.2. The molecule has 110 valence electrons. The van der Waals surface area contributed by atoms with E-state index in [1.807, 2.05) is 0 Å². The molecule has 0 spiro atoms. The Morgan fingerprint density at radius 3 is 0.833 bits per heavy atom. The van der Waals surface area contributed by atoms with E-state index in [-0.39, 0.29) is 0 Å². The van der Waals surface area contributed by atoms with Crippen molar-refractivity contribution in [3.8, 4) is 0 Å². The first-order valence-electron chi connectivity index (χ1n) is 8.62. The molecule has 0 aliphatic carbocycles. The maximum Gasteiger partial charge on any atom is 0.0625 e. The lowest BCUT2D eigenvalue weighted by Crippen LogP contribution is -2.48. The fourth-order valence-corrected chi connectivity index (χ4v) is 13.3. The van der Waals surface area contributed by atoms with Crippen molar-refractivity contribution in [1.82, 2.24) is 0 Å². The maximum atomic E-state index is 2.52. The van der Waals surface area contributed by atoms with Crippen LogP contribution in [0.25, 0.3) is 0 Å². The molecule has 0 saturated heterocycles. The normalized spacial score (nSPS) is 13.0. The molecule has 0 saturated carbocycles. The lowest BCUT2D eigenvalue weighted by Gasteiger charge is -2.49. The smallest absolute Gasteiger partial charge is 0.0625 e. The van der Waals surface area contributed by atoms with Gasteiger partial charge in [-0.3, -0.25) is 0 Å². The van der Waals surface area contributed by atoms with Gasteiger partial charge in [0, 0.05) is 0 Å². The van der Waals surface area contributed by atoms with Gasteiger partial charge in [-0.25, -0.2) is 0 Å². The van der Waals surface area contributed by atoms with Gasteiger partial charge in [0.2, 0.25) is 0 Å². The summed E-state index contributed by atoms with van der Waals surface area (Å²) in [6, 6.07) is 1.51. The molecule has 0 aromatic carbocycles. The topological polar surface area (TPSA) is 0 Å². The summed E-state index contributed by atoms with van der Waals surface area (Å²) in [4.78, 5) is 0. The highest BCUT2D eigenvalue weighted by molar-refractivity contribution is 6.83. The molecule has 0 heterocycles. The second-order valence-corrected chi connectivity index (χ2v) is 11.4. The summed E-state index contributed by atoms with van der Waals surface area (Å²) >= 11 is 0. The van der Waals surface area contributed by atoms with Crippen molar-refractivity contribution < 1.29 is 0 Å². The summed E-state index contributed by atoms with van der Waals surface area (Å²) in [6.07, 6.45) is 8.52. The molecule has 0 radical (unpaired) electrons. The van der Waals surface area contributed by atoms with E-state index < -0.39 is 8.07 Å². The number of hydrogen-bond donors (Lipinski definition) is 0. The summed E-state index contributed by atoms with van der Waals surface area (Å²) in [5, 5.41) is 0. The third-order valence-electron chi connectivity index (χ3n) is 5.85. The molecule has 0 amide bonds. The van der Waals surface area contributed by atoms with Crippen LogP contribution in [-0.2, 0) is 0 Å². The van der Waals surface area contributed by atoms with Crippen molar-refractivity contribution in [2.45, 2.75) is 110 Å². The quantitative estimate of drug-likeness (QED) is 0.374. The van der Waals surface area contributed by atoms with Gasteiger partial charge < -0.3 is 0 Å². The first-order chi connectivity index (χ1) is 8.62. The highest BCUT2D eigenvalue weighted by atomic mass is 28.3. The van der Waals surface area contributed by atoms with Crippen molar-refractivity contribution in [3.63, 3.8) is 0 Å². The van der Waals surface area contributed by atoms with Crippen LogP contribution in [0.4, 0.5) is 0 Å². The summed E-state index contributed by atoms with van der Waals surface area (Å²) in [5.41, 5.74) is 3.16. The van der Waals surface area contributed by atoms with E-state index in [9.17, 15) is 0 Å². The third kappa shape index (κ3) is 3.40. The second kappa shape index (κ2) is 9.17. The van der Waals surface area contributed by atoms with E-state index in [1.54, 1.807) is 0 Å². The van der Waals surface area contributed by atoms with Crippen LogP contribution in [0.3, 0.4) is 0 Å². The van der Waals surface area contributed by atoms with E-state index in [4.69, 9.17) is 0 Å². The summed E-state index contributed by atoms with van der Waals surface area (Å²) in [5.74, 6) is 0. The Labute approximate surface area is 118 Å². The molecule has 0 unspecified atom stereocenters. The highest BCUT2D eigenvalue weighted by Gasteiger charge is 2.47. The predicted octanol–water partition coefficient (Wildman–Crippen LogP) is 7.03. The van der Waals surface area contributed by atoms with Crippen molar-refractivity contribution in [3.05, 3.63) is 0 Å². The van der Waals surface area contributed by atoms with Gasteiger partial charge in [0.05, 0.1) is 8.07 Å². The van der Waals surface area contributed by atoms with Gasteiger partial charge in [0.25, 0.3) is 0 Å². The van der Waals surface area contributed by atoms with Gasteiger partial charge >= 0.3 is 0 Å². The molecule has 0 rings (SSSR count). The molecule has 0 aromatic rings. The summed E-state index contributed by atoms with van der Waals surface area (Å²) in [7, 11) is -1.16. The minimum atomic E-state index is -1.16. The van der Waals surface area contributed by atoms with Crippen LogP contribution in [-0.4, -0.2) is 8.07 Å². The zero-order valence-corrected chi connectivity index (χ0v) is 15.2. The van der Waals surface area contributed by atoms with Crippen LogP contribution in [0.2, 0.25) is 22.7 Å². The van der Waals surface area contributed by atoms with E-state index in [1.165, 1.54) is 44.6 Å². The predicted molar refractivity (Wildman–Crippen MR) is 89.2 cm³/mol. The zero-order chi connectivity index (χ0) is 14.2. The van der Waals surface area contributed by atoms with Crippen LogP contribution in [0.15, 0.2) is 0 Å². The summed E-state index contributed by atoms with van der Waals surface area (Å²) < 4.78 is 0. The SMILES string of the molecule is CCC(CC)[Si](CC)(C(CC)CC)C(CC)CC. The van der Waals surface area contributed by atoms with E-state index in [0.717, 1.165) is 16.6 Å². The lowest BCUT2D eigenvalue weighted by atomic mass is 10.2. The minimum Gasteiger partial charge on any atom is -0.0677 e. The van der Waals surface area contributed by atoms with Crippen LogP contribution >= 0.6 is 0 Å². The molecule has 0 N–H and O–H groups in total. The van der Waals surface area contributed by atoms with Crippen molar-refractivity contribution in [2.24, 2.45) is 0 Å². The molecule has 0 bridgehead atoms. The number of rotatable bonds is 10. The largest absolute Gasteiger partial charge is 0.0677 e. The monoisotopic (exact) mass is 270 g/mol. The molecule has 0 atom stereocenters. The van der Waals surface area contributed by atoms with Crippen LogP contribution in [0.1, 0.15) is 87.0 Å². The Morgan fingerprint density at radius 1 is 0.500 bits per heavy atom. The van der Waals surface area contributed by atoms with Gasteiger partial charge in [-0.2, -0.15) is 0 Å². The molecule has 0 aliphatic heterocycles. The van der Waals surface area contributed by atoms with Crippen LogP contribution in [0, 0.1) is 0 Å². The molecule has 18 heavy (non-hydrogen) atoms. The van der Waals surface area contributed by atoms with Gasteiger partial charge in [-0.1, -0.05) is 93.0 Å². The standard InChI is InChI=1S/C17H38Si/c1-8-15(9-2)18(14-7,16(10-3)11-4)17(12-5)13-6/h15-17H,8-14H2,1-7H3. The van der Waals surface area contributed by atoms with E-state index >= 15 is 0 Å². The third-order valence-corrected chi connectivity index (χ3v) is 14.1. The highest BCUT2D eigenvalue weighted by Crippen LogP contribution is 2.52. The van der Waals surface area contributed by atoms with E-state index in [2.05, 4.69) is 48.5 Å². The first-order valence-corrected chi connectivity index (χ1v) is 11.1. The Bertz CT molecular complexity index is 157. The Morgan fingerprint density at radius 2 is 0.722 bits per heavy atom. The van der Waals surface area contributed by atoms with Gasteiger partial charge in [-0.15, -0.1) is 0 Å². The maximum absolute atomic E-state index is 2.52.